The number of carbonyl (C=O) groups is 1. The number of carbonyl (C=O) groups excluding carboxylic acids is 1. The van der Waals surface area contributed by atoms with Crippen LogP contribution in [0.1, 0.15) is 41.0 Å². The number of amides is 1. The summed E-state index contributed by atoms with van der Waals surface area (Å²) in [6.45, 7) is 3.87. The van der Waals surface area contributed by atoms with Crippen LogP contribution in [0, 0.1) is 12.7 Å². The molecule has 0 aliphatic heterocycles. The first-order valence-corrected chi connectivity index (χ1v) is 11.8. The Balaban J connectivity index is 1.27. The standard InChI is InChI=1S/C28H30FN3O2/c1-21-14-16-22(17-15-21)34-20-19-32-26-12-7-6-11-25(26)31-27(32)13-3-2-8-18-30-28(33)23-9-4-5-10-24(23)29/h4-7,9-12,14-17H,2-3,8,13,18-20H2,1H3,(H,30,33). The quantitative estimate of drug-likeness (QED) is 0.293. The molecule has 5 nitrogen and oxygen atoms in total. The molecule has 3 aromatic carbocycles. The van der Waals surface area contributed by atoms with E-state index in [0.717, 1.165) is 54.8 Å². The monoisotopic (exact) mass is 459 g/mol. The number of imidazole rings is 1. The Morgan fingerprint density at radius 1 is 0.971 bits per heavy atom. The number of unbranched alkanes of at least 4 members (excludes halogenated alkanes) is 2. The lowest BCUT2D eigenvalue weighted by Crippen LogP contribution is -2.25. The Labute approximate surface area is 199 Å². The van der Waals surface area contributed by atoms with Crippen LogP contribution in [-0.4, -0.2) is 28.6 Å². The van der Waals surface area contributed by atoms with Crippen molar-refractivity contribution in [2.75, 3.05) is 13.2 Å². The predicted octanol–water partition coefficient (Wildman–Crippen LogP) is 5.71. The second-order valence-electron chi connectivity index (χ2n) is 8.38. The summed E-state index contributed by atoms with van der Waals surface area (Å²) in [6, 6.07) is 22.3. The van der Waals surface area contributed by atoms with Crippen LogP contribution in [0.5, 0.6) is 5.75 Å². The number of fused-ring (bicyclic) bond motifs is 1. The zero-order chi connectivity index (χ0) is 23.8. The molecule has 176 valence electrons. The molecule has 4 rings (SSSR count). The maximum Gasteiger partial charge on any atom is 0.254 e. The topological polar surface area (TPSA) is 56.1 Å². The molecule has 0 aliphatic carbocycles. The van der Waals surface area contributed by atoms with Gasteiger partial charge in [-0.3, -0.25) is 4.79 Å². The van der Waals surface area contributed by atoms with E-state index >= 15 is 0 Å². The zero-order valence-electron chi connectivity index (χ0n) is 19.5. The maximum absolute atomic E-state index is 13.7. The van der Waals surface area contributed by atoms with Gasteiger partial charge in [-0.1, -0.05) is 48.4 Å². The second kappa shape index (κ2) is 11.5. The summed E-state index contributed by atoms with van der Waals surface area (Å²) >= 11 is 0. The SMILES string of the molecule is Cc1ccc(OCCn2c(CCCCCNC(=O)c3ccccc3F)nc3ccccc32)cc1. The van der Waals surface area contributed by atoms with Gasteiger partial charge in [-0.25, -0.2) is 9.37 Å². The number of ether oxygens (including phenoxy) is 1. The number of benzene rings is 3. The highest BCUT2D eigenvalue weighted by Crippen LogP contribution is 2.19. The fourth-order valence-corrected chi connectivity index (χ4v) is 3.98. The zero-order valence-corrected chi connectivity index (χ0v) is 19.5. The number of nitrogens with one attached hydrogen (secondary N) is 1. The molecular formula is C28H30FN3O2. The Morgan fingerprint density at radius 3 is 2.56 bits per heavy atom. The molecular weight excluding hydrogens is 429 g/mol. The summed E-state index contributed by atoms with van der Waals surface area (Å²) in [5.74, 6) is 1.05. The normalized spacial score (nSPS) is 11.0. The molecule has 1 aromatic heterocycles. The highest BCUT2D eigenvalue weighted by molar-refractivity contribution is 5.94. The molecule has 0 saturated heterocycles. The third kappa shape index (κ3) is 6.01. The molecule has 1 N–H and O–H groups in total. The molecule has 4 aromatic rings. The van der Waals surface area contributed by atoms with E-state index in [1.165, 1.54) is 17.7 Å². The van der Waals surface area contributed by atoms with E-state index in [-0.39, 0.29) is 11.5 Å². The molecule has 0 aliphatic rings. The fourth-order valence-electron chi connectivity index (χ4n) is 3.98. The summed E-state index contributed by atoms with van der Waals surface area (Å²) in [5.41, 5.74) is 3.40. The van der Waals surface area contributed by atoms with Gasteiger partial charge < -0.3 is 14.6 Å². The first-order valence-electron chi connectivity index (χ1n) is 11.8. The molecule has 1 amide bonds. The fraction of sp³-hybridized carbons (Fsp3) is 0.286. The summed E-state index contributed by atoms with van der Waals surface area (Å²) in [7, 11) is 0. The van der Waals surface area contributed by atoms with Gasteiger partial charge in [0.15, 0.2) is 0 Å². The smallest absolute Gasteiger partial charge is 0.254 e. The van der Waals surface area contributed by atoms with Crippen molar-refractivity contribution < 1.29 is 13.9 Å². The minimum absolute atomic E-state index is 0.0871. The molecule has 0 spiro atoms. The summed E-state index contributed by atoms with van der Waals surface area (Å²) in [6.07, 6.45) is 3.58. The van der Waals surface area contributed by atoms with Crippen molar-refractivity contribution in [2.24, 2.45) is 0 Å². The van der Waals surface area contributed by atoms with E-state index in [1.807, 2.05) is 42.5 Å². The number of para-hydroxylation sites is 2. The molecule has 0 fully saturated rings. The van der Waals surface area contributed by atoms with Crippen molar-refractivity contribution in [1.29, 1.82) is 0 Å². The van der Waals surface area contributed by atoms with Crippen LogP contribution >= 0.6 is 0 Å². The minimum Gasteiger partial charge on any atom is -0.492 e. The van der Waals surface area contributed by atoms with E-state index in [1.54, 1.807) is 12.1 Å². The van der Waals surface area contributed by atoms with Crippen molar-refractivity contribution in [1.82, 2.24) is 14.9 Å². The van der Waals surface area contributed by atoms with Crippen LogP contribution in [0.15, 0.2) is 72.8 Å². The molecule has 0 atom stereocenters. The van der Waals surface area contributed by atoms with Gasteiger partial charge in [0.2, 0.25) is 0 Å². The van der Waals surface area contributed by atoms with Gasteiger partial charge in [-0.2, -0.15) is 0 Å². The van der Waals surface area contributed by atoms with E-state index in [2.05, 4.69) is 22.9 Å². The lowest BCUT2D eigenvalue weighted by atomic mass is 10.1. The molecule has 6 heteroatoms. The van der Waals surface area contributed by atoms with Crippen molar-refractivity contribution >= 4 is 16.9 Å². The van der Waals surface area contributed by atoms with Gasteiger partial charge in [-0.05, 0) is 56.2 Å². The molecule has 0 bridgehead atoms. The highest BCUT2D eigenvalue weighted by atomic mass is 19.1. The van der Waals surface area contributed by atoms with E-state index in [9.17, 15) is 9.18 Å². The van der Waals surface area contributed by atoms with Gasteiger partial charge in [0.25, 0.3) is 5.91 Å². The second-order valence-corrected chi connectivity index (χ2v) is 8.38. The third-order valence-electron chi connectivity index (χ3n) is 5.82. The molecule has 0 saturated carbocycles. The summed E-state index contributed by atoms with van der Waals surface area (Å²) < 4.78 is 21.9. The third-order valence-corrected chi connectivity index (χ3v) is 5.82. The number of aromatic nitrogens is 2. The van der Waals surface area contributed by atoms with Crippen LogP contribution in [0.2, 0.25) is 0 Å². The molecule has 34 heavy (non-hydrogen) atoms. The van der Waals surface area contributed by atoms with Gasteiger partial charge >= 0.3 is 0 Å². The lowest BCUT2D eigenvalue weighted by molar-refractivity contribution is 0.0949. The number of halogens is 1. The first-order chi connectivity index (χ1) is 16.6. The number of hydrogen-bond acceptors (Lipinski definition) is 3. The highest BCUT2D eigenvalue weighted by Gasteiger charge is 2.11. The van der Waals surface area contributed by atoms with Gasteiger partial charge in [0.1, 0.15) is 24.0 Å². The average molecular weight is 460 g/mol. The largest absolute Gasteiger partial charge is 0.492 e. The summed E-state index contributed by atoms with van der Waals surface area (Å²) in [5, 5.41) is 2.80. The average Bonchev–Trinajstić information content (AvgIpc) is 3.20. The maximum atomic E-state index is 13.7. The Bertz CT molecular complexity index is 1230. The van der Waals surface area contributed by atoms with Crippen LogP contribution in [-0.2, 0) is 13.0 Å². The Hall–Kier alpha value is -3.67. The van der Waals surface area contributed by atoms with Crippen molar-refractivity contribution in [3.05, 3.63) is 95.6 Å². The lowest BCUT2D eigenvalue weighted by Gasteiger charge is -2.11. The van der Waals surface area contributed by atoms with E-state index < -0.39 is 5.82 Å². The number of aryl methyl sites for hydroxylation is 2. The van der Waals surface area contributed by atoms with Crippen LogP contribution < -0.4 is 10.1 Å². The minimum atomic E-state index is -0.495. The Morgan fingerprint density at radius 2 is 1.74 bits per heavy atom. The van der Waals surface area contributed by atoms with Crippen molar-refractivity contribution in [2.45, 2.75) is 39.2 Å². The van der Waals surface area contributed by atoms with E-state index in [0.29, 0.717) is 13.2 Å². The van der Waals surface area contributed by atoms with Gasteiger partial charge in [0.05, 0.1) is 23.1 Å². The summed E-state index contributed by atoms with van der Waals surface area (Å²) in [4.78, 5) is 16.9. The Kier molecular flexibility index (Phi) is 7.91. The van der Waals surface area contributed by atoms with E-state index in [4.69, 9.17) is 9.72 Å². The molecule has 1 heterocycles. The number of nitrogens with zero attached hydrogens (tertiary/aromatic N) is 2. The van der Waals surface area contributed by atoms with Crippen molar-refractivity contribution in [3.8, 4) is 5.75 Å². The van der Waals surface area contributed by atoms with Crippen LogP contribution in [0.25, 0.3) is 11.0 Å². The molecule has 0 unspecified atom stereocenters. The van der Waals surface area contributed by atoms with Crippen LogP contribution in [0.4, 0.5) is 4.39 Å². The van der Waals surface area contributed by atoms with Crippen LogP contribution in [0.3, 0.4) is 0 Å². The number of rotatable bonds is 11. The molecule has 0 radical (unpaired) electrons. The van der Waals surface area contributed by atoms with Gasteiger partial charge in [0, 0.05) is 13.0 Å². The number of hydrogen-bond donors (Lipinski definition) is 1. The van der Waals surface area contributed by atoms with Crippen molar-refractivity contribution in [3.63, 3.8) is 0 Å². The van der Waals surface area contributed by atoms with Gasteiger partial charge in [-0.15, -0.1) is 0 Å². The first kappa shape index (κ1) is 23.5. The predicted molar refractivity (Wildman–Crippen MR) is 133 cm³/mol.